The third-order valence-corrected chi connectivity index (χ3v) is 5.55. The molecule has 1 aliphatic rings. The molecule has 1 heterocycles. The van der Waals surface area contributed by atoms with Crippen LogP contribution in [0.5, 0.6) is 0 Å². The van der Waals surface area contributed by atoms with Crippen LogP contribution in [0.25, 0.3) is 0 Å². The monoisotopic (exact) mass is 267 g/mol. The van der Waals surface area contributed by atoms with Crippen LogP contribution >= 0.6 is 23.5 Å². The summed E-state index contributed by atoms with van der Waals surface area (Å²) in [6.45, 7) is 0. The van der Waals surface area contributed by atoms with E-state index in [1.54, 1.807) is 7.11 Å². The summed E-state index contributed by atoms with van der Waals surface area (Å²) in [6, 6.07) is 10.5. The van der Waals surface area contributed by atoms with Crippen molar-refractivity contribution in [2.75, 3.05) is 18.6 Å². The summed E-state index contributed by atoms with van der Waals surface area (Å²) in [4.78, 5) is 4.99. The minimum atomic E-state index is 0.462. The van der Waals surface area contributed by atoms with Gasteiger partial charge in [0.05, 0.1) is 10.3 Å². The third-order valence-electron chi connectivity index (χ3n) is 2.54. The van der Waals surface area contributed by atoms with Crippen molar-refractivity contribution >= 4 is 29.2 Å². The van der Waals surface area contributed by atoms with E-state index in [2.05, 4.69) is 29.4 Å². The maximum Gasteiger partial charge on any atom is 0.106 e. The molecule has 0 aromatic heterocycles. The molecule has 92 valence electrons. The van der Waals surface area contributed by atoms with Gasteiger partial charge in [0.1, 0.15) is 7.11 Å². The maximum atomic E-state index is 4.99. The molecule has 2 rings (SSSR count). The van der Waals surface area contributed by atoms with Gasteiger partial charge in [-0.2, -0.15) is 0 Å². The van der Waals surface area contributed by atoms with Crippen LogP contribution in [-0.2, 0) is 11.3 Å². The Kier molecular flexibility index (Phi) is 5.26. The van der Waals surface area contributed by atoms with Crippen LogP contribution in [0.3, 0.4) is 0 Å². The van der Waals surface area contributed by atoms with Crippen LogP contribution in [0, 0.1) is 0 Å². The summed E-state index contributed by atoms with van der Waals surface area (Å²) < 4.78 is 0.462. The van der Waals surface area contributed by atoms with E-state index in [1.807, 2.05) is 29.6 Å². The van der Waals surface area contributed by atoms with Gasteiger partial charge in [0.2, 0.25) is 0 Å². The van der Waals surface area contributed by atoms with Gasteiger partial charge in [-0.1, -0.05) is 35.5 Å². The normalized spacial score (nSPS) is 18.1. The lowest BCUT2D eigenvalue weighted by molar-refractivity contribution is 0.212. The summed E-state index contributed by atoms with van der Waals surface area (Å²) in [5.74, 6) is 2.46. The van der Waals surface area contributed by atoms with Crippen LogP contribution in [0.4, 0.5) is 0 Å². The van der Waals surface area contributed by atoms with Gasteiger partial charge in [-0.05, 0) is 23.5 Å². The Bertz CT molecular complexity index is 361. The van der Waals surface area contributed by atoms with E-state index in [0.717, 1.165) is 12.1 Å². The Balaban J connectivity index is 2.04. The Hall–Kier alpha value is -0.610. The minimum absolute atomic E-state index is 0.462. The lowest BCUT2D eigenvalue weighted by Crippen LogP contribution is -2.21. The zero-order valence-electron chi connectivity index (χ0n) is 9.96. The largest absolute Gasteiger partial charge is 0.399 e. The number of nitrogens with zero attached hydrogens (tertiary/aromatic N) is 1. The van der Waals surface area contributed by atoms with Gasteiger partial charge in [0, 0.05) is 6.42 Å². The fraction of sp³-hybridized carbons (Fsp3) is 0.462. The fourth-order valence-corrected chi connectivity index (χ4v) is 4.59. The molecule has 17 heavy (non-hydrogen) atoms. The molecular formula is C13H17NOS2. The van der Waals surface area contributed by atoms with E-state index in [0.29, 0.717) is 4.58 Å². The van der Waals surface area contributed by atoms with Gasteiger partial charge in [0.15, 0.2) is 0 Å². The van der Waals surface area contributed by atoms with Crippen molar-refractivity contribution in [3.8, 4) is 0 Å². The highest BCUT2D eigenvalue weighted by molar-refractivity contribution is 8.18. The molecule has 0 atom stereocenters. The van der Waals surface area contributed by atoms with Gasteiger partial charge in [-0.25, -0.2) is 0 Å². The van der Waals surface area contributed by atoms with E-state index < -0.39 is 0 Å². The molecule has 0 bridgehead atoms. The Morgan fingerprint density at radius 1 is 1.29 bits per heavy atom. The van der Waals surface area contributed by atoms with Gasteiger partial charge in [-0.15, -0.1) is 23.5 Å². The molecule has 1 aromatic carbocycles. The average Bonchev–Trinajstić information content (AvgIpc) is 2.40. The number of hydrogen-bond donors (Lipinski definition) is 0. The van der Waals surface area contributed by atoms with Gasteiger partial charge < -0.3 is 4.84 Å². The second kappa shape index (κ2) is 6.97. The van der Waals surface area contributed by atoms with E-state index >= 15 is 0 Å². The summed E-state index contributed by atoms with van der Waals surface area (Å²) in [5, 5.41) is 4.22. The molecular weight excluding hydrogens is 250 g/mol. The van der Waals surface area contributed by atoms with Gasteiger partial charge in [0.25, 0.3) is 0 Å². The highest BCUT2D eigenvalue weighted by atomic mass is 32.2. The molecule has 1 fully saturated rings. The van der Waals surface area contributed by atoms with Crippen molar-refractivity contribution in [2.24, 2.45) is 5.16 Å². The topological polar surface area (TPSA) is 21.6 Å². The van der Waals surface area contributed by atoms with Crippen LogP contribution in [0.2, 0.25) is 0 Å². The highest BCUT2D eigenvalue weighted by Gasteiger charge is 2.21. The Morgan fingerprint density at radius 3 is 2.65 bits per heavy atom. The lowest BCUT2D eigenvalue weighted by Gasteiger charge is -2.22. The summed E-state index contributed by atoms with van der Waals surface area (Å²) in [7, 11) is 1.63. The Morgan fingerprint density at radius 2 is 2.00 bits per heavy atom. The molecule has 1 saturated heterocycles. The number of hydrogen-bond acceptors (Lipinski definition) is 4. The number of rotatable bonds is 4. The van der Waals surface area contributed by atoms with Crippen LogP contribution in [0.15, 0.2) is 35.5 Å². The summed E-state index contributed by atoms with van der Waals surface area (Å²) in [6.07, 6.45) is 2.19. The standard InChI is InChI=1S/C13H17NOS2/c1-15-14-12(13-16-8-5-9-17-13)10-11-6-3-2-4-7-11/h2-4,6-7,13H,5,8-10H2,1H3. The summed E-state index contributed by atoms with van der Waals surface area (Å²) in [5.41, 5.74) is 2.45. The zero-order chi connectivity index (χ0) is 11.9. The van der Waals surface area contributed by atoms with E-state index in [-0.39, 0.29) is 0 Å². The van der Waals surface area contributed by atoms with Gasteiger partial charge >= 0.3 is 0 Å². The molecule has 0 aliphatic carbocycles. The smallest absolute Gasteiger partial charge is 0.106 e. The predicted molar refractivity (Wildman–Crippen MR) is 77.9 cm³/mol. The highest BCUT2D eigenvalue weighted by Crippen LogP contribution is 2.32. The molecule has 0 saturated carbocycles. The Labute approximate surface area is 111 Å². The van der Waals surface area contributed by atoms with Crippen LogP contribution in [0.1, 0.15) is 12.0 Å². The van der Waals surface area contributed by atoms with Crippen molar-refractivity contribution in [1.82, 2.24) is 0 Å². The second-order valence-electron chi connectivity index (χ2n) is 3.85. The van der Waals surface area contributed by atoms with Crippen molar-refractivity contribution in [2.45, 2.75) is 17.4 Å². The van der Waals surface area contributed by atoms with E-state index in [1.165, 1.54) is 23.5 Å². The molecule has 0 unspecified atom stereocenters. The second-order valence-corrected chi connectivity index (χ2v) is 6.58. The lowest BCUT2D eigenvalue weighted by atomic mass is 10.1. The first-order chi connectivity index (χ1) is 8.40. The molecule has 0 radical (unpaired) electrons. The molecule has 0 amide bonds. The molecule has 1 aromatic rings. The molecule has 0 N–H and O–H groups in total. The molecule has 4 heteroatoms. The minimum Gasteiger partial charge on any atom is -0.399 e. The van der Waals surface area contributed by atoms with Crippen LogP contribution in [-0.4, -0.2) is 28.9 Å². The van der Waals surface area contributed by atoms with Crippen LogP contribution < -0.4 is 0 Å². The van der Waals surface area contributed by atoms with E-state index in [9.17, 15) is 0 Å². The fourth-order valence-electron chi connectivity index (χ4n) is 1.76. The van der Waals surface area contributed by atoms with Crippen molar-refractivity contribution in [3.05, 3.63) is 35.9 Å². The van der Waals surface area contributed by atoms with Crippen molar-refractivity contribution < 1.29 is 4.84 Å². The number of benzene rings is 1. The van der Waals surface area contributed by atoms with E-state index in [4.69, 9.17) is 4.84 Å². The first-order valence-corrected chi connectivity index (χ1v) is 7.87. The average molecular weight is 267 g/mol. The predicted octanol–water partition coefficient (Wildman–Crippen LogP) is 3.43. The van der Waals surface area contributed by atoms with Crippen molar-refractivity contribution in [1.29, 1.82) is 0 Å². The quantitative estimate of drug-likeness (QED) is 0.616. The molecule has 1 aliphatic heterocycles. The first-order valence-electron chi connectivity index (χ1n) is 5.77. The third kappa shape index (κ3) is 3.96. The first kappa shape index (κ1) is 12.8. The summed E-state index contributed by atoms with van der Waals surface area (Å²) >= 11 is 3.97. The molecule has 2 nitrogen and oxygen atoms in total. The van der Waals surface area contributed by atoms with Gasteiger partial charge in [-0.3, -0.25) is 0 Å². The SMILES string of the molecule is CON=C(Cc1ccccc1)C1SCCCS1. The number of oxime groups is 1. The maximum absolute atomic E-state index is 4.99. The molecule has 0 spiro atoms. The number of thioether (sulfide) groups is 2. The zero-order valence-corrected chi connectivity index (χ0v) is 11.6. The van der Waals surface area contributed by atoms with Crippen molar-refractivity contribution in [3.63, 3.8) is 0 Å².